The van der Waals surface area contributed by atoms with Crippen molar-refractivity contribution in [2.75, 3.05) is 5.75 Å². The summed E-state index contributed by atoms with van der Waals surface area (Å²) >= 11 is 1.55. The number of thioether (sulfide) groups is 1. The third-order valence-corrected chi connectivity index (χ3v) is 4.56. The molecule has 0 heterocycles. The molecule has 106 valence electrons. The summed E-state index contributed by atoms with van der Waals surface area (Å²) in [6.45, 7) is 5.73. The third-order valence-electron chi connectivity index (χ3n) is 3.30. The van der Waals surface area contributed by atoms with Crippen LogP contribution < -0.4 is 0 Å². The predicted molar refractivity (Wildman–Crippen MR) is 82.7 cm³/mol. The fourth-order valence-electron chi connectivity index (χ4n) is 2.32. The van der Waals surface area contributed by atoms with E-state index in [4.69, 9.17) is 0 Å². The van der Waals surface area contributed by atoms with Gasteiger partial charge in [0.2, 0.25) is 0 Å². The van der Waals surface area contributed by atoms with Gasteiger partial charge < -0.3 is 5.11 Å². The molecular weight excluding hydrogens is 271 g/mol. The summed E-state index contributed by atoms with van der Waals surface area (Å²) < 4.78 is 14.0. The molecule has 0 radical (unpaired) electrons. The standard InChI is InChI=1S/C17H19FOS/c1-11-8-13(3)17(14(18)9-11)15(19)10-20-16-7-5-4-6-12(16)2/h4-9,15,19H,10H2,1-3H3. The molecular formula is C17H19FOS. The van der Waals surface area contributed by atoms with Crippen molar-refractivity contribution in [2.24, 2.45) is 0 Å². The van der Waals surface area contributed by atoms with Crippen LogP contribution in [-0.2, 0) is 0 Å². The van der Waals surface area contributed by atoms with Gasteiger partial charge in [-0.05, 0) is 49.6 Å². The maximum atomic E-state index is 14.0. The summed E-state index contributed by atoms with van der Waals surface area (Å²) in [5.74, 6) is 0.131. The highest BCUT2D eigenvalue weighted by atomic mass is 32.2. The SMILES string of the molecule is Cc1cc(C)c(C(O)CSc2ccccc2C)c(F)c1. The molecule has 0 saturated carbocycles. The van der Waals surface area contributed by atoms with E-state index in [-0.39, 0.29) is 5.82 Å². The summed E-state index contributed by atoms with van der Waals surface area (Å²) in [7, 11) is 0. The van der Waals surface area contributed by atoms with Crippen LogP contribution in [0.4, 0.5) is 4.39 Å². The summed E-state index contributed by atoms with van der Waals surface area (Å²) in [6.07, 6.45) is -0.791. The van der Waals surface area contributed by atoms with E-state index in [2.05, 4.69) is 0 Å². The summed E-state index contributed by atoms with van der Waals surface area (Å²) in [4.78, 5) is 1.12. The number of aliphatic hydroxyl groups excluding tert-OH is 1. The van der Waals surface area contributed by atoms with E-state index in [1.54, 1.807) is 11.8 Å². The van der Waals surface area contributed by atoms with Crippen molar-refractivity contribution in [3.63, 3.8) is 0 Å². The predicted octanol–water partition coefficient (Wildman–Crippen LogP) is 4.58. The van der Waals surface area contributed by atoms with Gasteiger partial charge in [0.05, 0.1) is 6.10 Å². The molecule has 3 heteroatoms. The van der Waals surface area contributed by atoms with Gasteiger partial charge >= 0.3 is 0 Å². The fraction of sp³-hybridized carbons (Fsp3) is 0.294. The quantitative estimate of drug-likeness (QED) is 0.832. The minimum Gasteiger partial charge on any atom is -0.387 e. The Morgan fingerprint density at radius 2 is 1.80 bits per heavy atom. The Labute approximate surface area is 123 Å². The van der Waals surface area contributed by atoms with Crippen molar-refractivity contribution in [3.8, 4) is 0 Å². The van der Waals surface area contributed by atoms with E-state index in [0.717, 1.165) is 16.0 Å². The van der Waals surface area contributed by atoms with Crippen molar-refractivity contribution in [2.45, 2.75) is 31.8 Å². The average molecular weight is 290 g/mol. The molecule has 1 unspecified atom stereocenters. The third kappa shape index (κ3) is 3.41. The summed E-state index contributed by atoms with van der Waals surface area (Å²) in [5.41, 5.74) is 3.27. The van der Waals surface area contributed by atoms with Gasteiger partial charge in [-0.1, -0.05) is 24.3 Å². The molecule has 0 aliphatic heterocycles. The van der Waals surface area contributed by atoms with Crippen molar-refractivity contribution in [1.82, 2.24) is 0 Å². The summed E-state index contributed by atoms with van der Waals surface area (Å²) in [5, 5.41) is 10.3. The Hall–Kier alpha value is -1.32. The zero-order valence-electron chi connectivity index (χ0n) is 12.0. The number of halogens is 1. The van der Waals surface area contributed by atoms with Gasteiger partial charge in [0.15, 0.2) is 0 Å². The number of aryl methyl sites for hydroxylation is 3. The molecule has 2 aromatic carbocycles. The molecule has 0 aliphatic carbocycles. The highest BCUT2D eigenvalue weighted by molar-refractivity contribution is 7.99. The average Bonchev–Trinajstić information content (AvgIpc) is 2.36. The van der Waals surface area contributed by atoms with Crippen LogP contribution in [0.3, 0.4) is 0 Å². The maximum Gasteiger partial charge on any atom is 0.129 e. The smallest absolute Gasteiger partial charge is 0.129 e. The van der Waals surface area contributed by atoms with Gasteiger partial charge in [-0.15, -0.1) is 11.8 Å². The van der Waals surface area contributed by atoms with E-state index >= 15 is 0 Å². The van der Waals surface area contributed by atoms with Crippen LogP contribution in [0.2, 0.25) is 0 Å². The van der Waals surface area contributed by atoms with Crippen molar-refractivity contribution < 1.29 is 9.50 Å². The second kappa shape index (κ2) is 6.42. The van der Waals surface area contributed by atoms with Crippen LogP contribution in [0.25, 0.3) is 0 Å². The molecule has 1 nitrogen and oxygen atoms in total. The lowest BCUT2D eigenvalue weighted by molar-refractivity contribution is 0.198. The van der Waals surface area contributed by atoms with Crippen LogP contribution in [0, 0.1) is 26.6 Å². The first-order valence-corrected chi connectivity index (χ1v) is 7.60. The molecule has 0 aliphatic rings. The van der Waals surface area contributed by atoms with Crippen LogP contribution in [-0.4, -0.2) is 10.9 Å². The fourth-order valence-corrected chi connectivity index (χ4v) is 3.29. The lowest BCUT2D eigenvalue weighted by Gasteiger charge is -2.16. The summed E-state index contributed by atoms with van der Waals surface area (Å²) in [6, 6.07) is 11.4. The van der Waals surface area contributed by atoms with Crippen LogP contribution in [0.5, 0.6) is 0 Å². The number of hydrogen-bond donors (Lipinski definition) is 1. The normalized spacial score (nSPS) is 12.4. The second-order valence-corrected chi connectivity index (χ2v) is 6.13. The molecule has 0 spiro atoms. The van der Waals surface area contributed by atoms with Crippen LogP contribution in [0.15, 0.2) is 41.3 Å². The lowest BCUT2D eigenvalue weighted by Crippen LogP contribution is -2.06. The van der Waals surface area contributed by atoms with Gasteiger partial charge in [0.1, 0.15) is 5.82 Å². The first-order chi connectivity index (χ1) is 9.49. The lowest BCUT2D eigenvalue weighted by atomic mass is 10.0. The Morgan fingerprint density at radius 3 is 2.45 bits per heavy atom. The molecule has 2 aromatic rings. The Balaban J connectivity index is 2.13. The molecule has 0 bridgehead atoms. The minimum atomic E-state index is -0.791. The molecule has 0 saturated heterocycles. The molecule has 0 fully saturated rings. The van der Waals surface area contributed by atoms with Gasteiger partial charge in [0, 0.05) is 16.2 Å². The monoisotopic (exact) mass is 290 g/mol. The number of aliphatic hydroxyl groups is 1. The van der Waals surface area contributed by atoms with Gasteiger partial charge in [0.25, 0.3) is 0 Å². The zero-order chi connectivity index (χ0) is 14.7. The zero-order valence-corrected chi connectivity index (χ0v) is 12.8. The van der Waals surface area contributed by atoms with Crippen molar-refractivity contribution in [1.29, 1.82) is 0 Å². The molecule has 0 aromatic heterocycles. The number of benzene rings is 2. The highest BCUT2D eigenvalue weighted by Gasteiger charge is 2.16. The van der Waals surface area contributed by atoms with Gasteiger partial charge in [-0.3, -0.25) is 0 Å². The number of rotatable bonds is 4. The first kappa shape index (κ1) is 15.1. The topological polar surface area (TPSA) is 20.2 Å². The van der Waals surface area contributed by atoms with E-state index in [1.165, 1.54) is 11.6 Å². The van der Waals surface area contributed by atoms with Gasteiger partial charge in [-0.25, -0.2) is 4.39 Å². The van der Waals surface area contributed by atoms with Gasteiger partial charge in [-0.2, -0.15) is 0 Å². The molecule has 0 amide bonds. The van der Waals surface area contributed by atoms with E-state index < -0.39 is 6.10 Å². The molecule has 1 atom stereocenters. The molecule has 1 N–H and O–H groups in total. The number of hydrogen-bond acceptors (Lipinski definition) is 2. The van der Waals surface area contributed by atoms with Crippen molar-refractivity contribution in [3.05, 3.63) is 64.5 Å². The van der Waals surface area contributed by atoms with Crippen LogP contribution in [0.1, 0.15) is 28.4 Å². The second-order valence-electron chi connectivity index (χ2n) is 5.07. The largest absolute Gasteiger partial charge is 0.387 e. The molecule has 2 rings (SSSR count). The van der Waals surface area contributed by atoms with Crippen molar-refractivity contribution >= 4 is 11.8 Å². The van der Waals surface area contributed by atoms with Crippen LogP contribution >= 0.6 is 11.8 Å². The Morgan fingerprint density at radius 1 is 1.10 bits per heavy atom. The Kier molecular flexibility index (Phi) is 4.84. The Bertz CT molecular complexity index is 587. The highest BCUT2D eigenvalue weighted by Crippen LogP contribution is 2.30. The minimum absolute atomic E-state index is 0.319. The van der Waals surface area contributed by atoms with E-state index in [9.17, 15) is 9.50 Å². The van der Waals surface area contributed by atoms with E-state index in [1.807, 2.05) is 51.1 Å². The molecule has 20 heavy (non-hydrogen) atoms. The maximum absolute atomic E-state index is 14.0. The van der Waals surface area contributed by atoms with E-state index in [0.29, 0.717) is 11.3 Å². The first-order valence-electron chi connectivity index (χ1n) is 6.62.